The van der Waals surface area contributed by atoms with Gasteiger partial charge in [-0.1, -0.05) is 41.9 Å². The molecule has 0 heterocycles. The topological polar surface area (TPSA) is 26.0 Å². The maximum atomic E-state index is 6.14. The molecule has 0 amide bonds. The van der Waals surface area contributed by atoms with Crippen LogP contribution in [0.15, 0.2) is 42.5 Å². The van der Waals surface area contributed by atoms with Gasteiger partial charge in [0.25, 0.3) is 0 Å². The molecule has 0 spiro atoms. The van der Waals surface area contributed by atoms with E-state index in [0.29, 0.717) is 0 Å². The average Bonchev–Trinajstić information content (AvgIpc) is 2.33. The normalized spacial score (nSPS) is 12.5. The van der Waals surface area contributed by atoms with Gasteiger partial charge < -0.3 is 5.73 Å². The van der Waals surface area contributed by atoms with E-state index in [-0.39, 0.29) is 6.04 Å². The first kappa shape index (κ1) is 12.2. The summed E-state index contributed by atoms with van der Waals surface area (Å²) in [5, 5.41) is 0.800. The highest BCUT2D eigenvalue weighted by Crippen LogP contribution is 2.29. The van der Waals surface area contributed by atoms with Gasteiger partial charge in [-0.3, -0.25) is 0 Å². The maximum Gasteiger partial charge on any atom is 0.0441 e. The Morgan fingerprint density at radius 2 is 1.82 bits per heavy atom. The molecule has 0 saturated heterocycles. The molecule has 2 heteroatoms. The Kier molecular flexibility index (Phi) is 3.51. The van der Waals surface area contributed by atoms with E-state index in [1.54, 1.807) is 0 Å². The Bertz CT molecular complexity index is 532. The fourth-order valence-electron chi connectivity index (χ4n) is 1.91. The van der Waals surface area contributed by atoms with Crippen molar-refractivity contribution in [2.24, 2.45) is 5.73 Å². The first-order valence-corrected chi connectivity index (χ1v) is 6.08. The fraction of sp³-hybridized carbons (Fsp3) is 0.200. The lowest BCUT2D eigenvalue weighted by Gasteiger charge is -2.11. The van der Waals surface area contributed by atoms with Crippen molar-refractivity contribution in [1.29, 1.82) is 0 Å². The molecule has 2 aromatic rings. The van der Waals surface area contributed by atoms with Crippen molar-refractivity contribution >= 4 is 11.6 Å². The third-order valence-corrected chi connectivity index (χ3v) is 3.40. The lowest BCUT2D eigenvalue weighted by molar-refractivity contribution is 0.818. The first-order valence-electron chi connectivity index (χ1n) is 5.70. The maximum absolute atomic E-state index is 6.14. The number of halogens is 1. The predicted octanol–water partition coefficient (Wildman–Crippen LogP) is 4.34. The Balaban J connectivity index is 2.53. The summed E-state index contributed by atoms with van der Waals surface area (Å²) in [6.45, 7) is 4.03. The summed E-state index contributed by atoms with van der Waals surface area (Å²) in [6.07, 6.45) is 0. The van der Waals surface area contributed by atoms with Gasteiger partial charge in [-0.25, -0.2) is 0 Å². The first-order chi connectivity index (χ1) is 8.09. The third kappa shape index (κ3) is 2.51. The van der Waals surface area contributed by atoms with Crippen molar-refractivity contribution < 1.29 is 0 Å². The van der Waals surface area contributed by atoms with Gasteiger partial charge in [-0.2, -0.15) is 0 Å². The van der Waals surface area contributed by atoms with Gasteiger partial charge in [-0.05, 0) is 48.2 Å². The molecule has 0 bridgehead atoms. The monoisotopic (exact) mass is 245 g/mol. The molecule has 2 rings (SSSR count). The number of hydrogen-bond donors (Lipinski definition) is 1. The van der Waals surface area contributed by atoms with Crippen LogP contribution in [0.2, 0.25) is 5.02 Å². The van der Waals surface area contributed by atoms with Crippen LogP contribution in [0.3, 0.4) is 0 Å². The van der Waals surface area contributed by atoms with E-state index in [9.17, 15) is 0 Å². The Morgan fingerprint density at radius 3 is 2.53 bits per heavy atom. The van der Waals surface area contributed by atoms with E-state index in [2.05, 4.69) is 18.2 Å². The van der Waals surface area contributed by atoms with Gasteiger partial charge in [0.1, 0.15) is 0 Å². The summed E-state index contributed by atoms with van der Waals surface area (Å²) < 4.78 is 0. The van der Waals surface area contributed by atoms with Crippen LogP contribution in [0.25, 0.3) is 11.1 Å². The second-order valence-electron chi connectivity index (χ2n) is 4.33. The van der Waals surface area contributed by atoms with E-state index in [1.807, 2.05) is 38.1 Å². The smallest absolute Gasteiger partial charge is 0.0441 e. The molecular formula is C15H16ClN. The molecule has 0 aliphatic rings. The second kappa shape index (κ2) is 4.91. The highest BCUT2D eigenvalue weighted by atomic mass is 35.5. The molecule has 1 atom stereocenters. The van der Waals surface area contributed by atoms with Crippen molar-refractivity contribution in [2.75, 3.05) is 0 Å². The van der Waals surface area contributed by atoms with Crippen molar-refractivity contribution in [3.63, 3.8) is 0 Å². The van der Waals surface area contributed by atoms with Crippen LogP contribution >= 0.6 is 11.6 Å². The van der Waals surface area contributed by atoms with Crippen LogP contribution < -0.4 is 5.73 Å². The summed E-state index contributed by atoms with van der Waals surface area (Å²) in [5.41, 5.74) is 10.5. The zero-order valence-electron chi connectivity index (χ0n) is 10.1. The summed E-state index contributed by atoms with van der Waals surface area (Å²) in [4.78, 5) is 0. The largest absolute Gasteiger partial charge is 0.324 e. The van der Waals surface area contributed by atoms with E-state index in [0.717, 1.165) is 16.1 Å². The zero-order valence-corrected chi connectivity index (χ0v) is 10.8. The summed E-state index contributed by atoms with van der Waals surface area (Å²) in [5.74, 6) is 0. The predicted molar refractivity (Wildman–Crippen MR) is 74.2 cm³/mol. The molecule has 0 aliphatic heterocycles. The standard InChI is InChI=1S/C15H16ClN/c1-10-14(7-4-8-15(10)16)13-6-3-5-12(9-13)11(2)17/h3-9,11H,17H2,1-2H3. The highest BCUT2D eigenvalue weighted by molar-refractivity contribution is 6.31. The molecule has 0 saturated carbocycles. The van der Waals surface area contributed by atoms with Gasteiger partial charge in [0.2, 0.25) is 0 Å². The zero-order chi connectivity index (χ0) is 12.4. The highest BCUT2D eigenvalue weighted by Gasteiger charge is 2.06. The van der Waals surface area contributed by atoms with Gasteiger partial charge in [0.05, 0.1) is 0 Å². The molecular weight excluding hydrogens is 230 g/mol. The lowest BCUT2D eigenvalue weighted by atomic mass is 9.97. The van der Waals surface area contributed by atoms with Crippen molar-refractivity contribution in [1.82, 2.24) is 0 Å². The summed E-state index contributed by atoms with van der Waals surface area (Å²) in [6, 6.07) is 14.3. The SMILES string of the molecule is Cc1c(Cl)cccc1-c1cccc(C(C)N)c1. The van der Waals surface area contributed by atoms with Gasteiger partial charge in [0.15, 0.2) is 0 Å². The molecule has 0 aromatic heterocycles. The van der Waals surface area contributed by atoms with Crippen LogP contribution in [-0.4, -0.2) is 0 Å². The van der Waals surface area contributed by atoms with Gasteiger partial charge in [-0.15, -0.1) is 0 Å². The van der Waals surface area contributed by atoms with Crippen molar-refractivity contribution in [3.8, 4) is 11.1 Å². The van der Waals surface area contributed by atoms with E-state index in [4.69, 9.17) is 17.3 Å². The average molecular weight is 246 g/mol. The van der Waals surface area contributed by atoms with Crippen LogP contribution in [0, 0.1) is 6.92 Å². The van der Waals surface area contributed by atoms with Gasteiger partial charge >= 0.3 is 0 Å². The van der Waals surface area contributed by atoms with Crippen molar-refractivity contribution in [3.05, 3.63) is 58.6 Å². The molecule has 0 fully saturated rings. The Hall–Kier alpha value is -1.31. The molecule has 1 unspecified atom stereocenters. The second-order valence-corrected chi connectivity index (χ2v) is 4.73. The van der Waals surface area contributed by atoms with Crippen LogP contribution in [-0.2, 0) is 0 Å². The Labute approximate surface area is 107 Å². The number of nitrogens with two attached hydrogens (primary N) is 1. The fourth-order valence-corrected chi connectivity index (χ4v) is 2.08. The summed E-state index contributed by atoms with van der Waals surface area (Å²) in [7, 11) is 0. The minimum atomic E-state index is 0.0504. The van der Waals surface area contributed by atoms with Crippen LogP contribution in [0.1, 0.15) is 24.1 Å². The minimum absolute atomic E-state index is 0.0504. The molecule has 1 nitrogen and oxygen atoms in total. The number of rotatable bonds is 2. The van der Waals surface area contributed by atoms with E-state index in [1.165, 1.54) is 11.1 Å². The third-order valence-electron chi connectivity index (χ3n) is 2.99. The molecule has 0 radical (unpaired) electrons. The van der Waals surface area contributed by atoms with Crippen LogP contribution in [0.5, 0.6) is 0 Å². The number of benzene rings is 2. The van der Waals surface area contributed by atoms with Crippen molar-refractivity contribution in [2.45, 2.75) is 19.9 Å². The van der Waals surface area contributed by atoms with Crippen LogP contribution in [0.4, 0.5) is 0 Å². The van der Waals surface area contributed by atoms with E-state index < -0.39 is 0 Å². The molecule has 0 aliphatic carbocycles. The van der Waals surface area contributed by atoms with Gasteiger partial charge in [0, 0.05) is 11.1 Å². The quantitative estimate of drug-likeness (QED) is 0.837. The Morgan fingerprint density at radius 1 is 1.12 bits per heavy atom. The van der Waals surface area contributed by atoms with E-state index >= 15 is 0 Å². The molecule has 17 heavy (non-hydrogen) atoms. The molecule has 2 N–H and O–H groups in total. The lowest BCUT2D eigenvalue weighted by Crippen LogP contribution is -2.04. The number of hydrogen-bond acceptors (Lipinski definition) is 1. The minimum Gasteiger partial charge on any atom is -0.324 e. The molecule has 88 valence electrons. The summed E-state index contributed by atoms with van der Waals surface area (Å²) >= 11 is 6.14. The molecule has 2 aromatic carbocycles.